The molecule has 0 radical (unpaired) electrons. The summed E-state index contributed by atoms with van der Waals surface area (Å²) in [4.78, 5) is 17.1. The number of hydrogen-bond donors (Lipinski definition) is 0. The largest absolute Gasteiger partial charge is 0.479 e. The molecule has 1 saturated heterocycles. The zero-order valence-corrected chi connectivity index (χ0v) is 15.0. The first-order chi connectivity index (χ1) is 12.1. The van der Waals surface area contributed by atoms with Gasteiger partial charge in [-0.1, -0.05) is 30.3 Å². The van der Waals surface area contributed by atoms with Crippen molar-refractivity contribution in [3.63, 3.8) is 0 Å². The number of aromatic nitrogens is 1. The van der Waals surface area contributed by atoms with Gasteiger partial charge in [0.2, 0.25) is 5.76 Å². The van der Waals surface area contributed by atoms with E-state index in [4.69, 9.17) is 9.26 Å². The zero-order chi connectivity index (χ0) is 17.8. The summed E-state index contributed by atoms with van der Waals surface area (Å²) in [7, 11) is 1.50. The van der Waals surface area contributed by atoms with E-state index in [1.165, 1.54) is 12.7 Å². The summed E-state index contributed by atoms with van der Waals surface area (Å²) in [6, 6.07) is 12.5. The molecule has 2 aromatic rings. The molecule has 0 saturated carbocycles. The summed E-state index contributed by atoms with van der Waals surface area (Å²) in [5.41, 5.74) is 1.30. The first-order valence-corrected chi connectivity index (χ1v) is 8.74. The van der Waals surface area contributed by atoms with E-state index in [1.807, 2.05) is 17.9 Å². The smallest absolute Gasteiger partial charge is 0.292 e. The SMILES string of the molecule is CCN(C(=O)c1cc(OC)no1)[C@H]1CCN([C@@H](C)c2ccccc2)C1. The fourth-order valence-electron chi connectivity index (χ4n) is 3.48. The molecule has 6 heteroatoms. The van der Waals surface area contributed by atoms with Crippen molar-refractivity contribution in [3.8, 4) is 5.88 Å². The van der Waals surface area contributed by atoms with E-state index >= 15 is 0 Å². The first kappa shape index (κ1) is 17.5. The normalized spacial score (nSPS) is 18.9. The summed E-state index contributed by atoms with van der Waals surface area (Å²) in [5.74, 6) is 0.427. The van der Waals surface area contributed by atoms with Gasteiger partial charge in [-0.25, -0.2) is 0 Å². The Morgan fingerprint density at radius 3 is 2.84 bits per heavy atom. The van der Waals surface area contributed by atoms with E-state index in [2.05, 4.69) is 41.2 Å². The maximum Gasteiger partial charge on any atom is 0.292 e. The minimum absolute atomic E-state index is 0.127. The molecule has 2 heterocycles. The first-order valence-electron chi connectivity index (χ1n) is 8.74. The highest BCUT2D eigenvalue weighted by atomic mass is 16.5. The fraction of sp³-hybridized carbons (Fsp3) is 0.474. The number of carbonyl (C=O) groups excluding carboxylic acids is 1. The van der Waals surface area contributed by atoms with Crippen molar-refractivity contribution in [3.05, 3.63) is 47.7 Å². The Kier molecular flexibility index (Phi) is 5.38. The maximum absolute atomic E-state index is 12.8. The van der Waals surface area contributed by atoms with Gasteiger partial charge in [-0.05, 0) is 31.0 Å². The predicted molar refractivity (Wildman–Crippen MR) is 94.6 cm³/mol. The van der Waals surface area contributed by atoms with Crippen molar-refractivity contribution in [2.24, 2.45) is 0 Å². The molecular formula is C19H25N3O3. The fourth-order valence-corrected chi connectivity index (χ4v) is 3.48. The number of methoxy groups -OCH3 is 1. The number of likely N-dealkylation sites (N-methyl/N-ethyl adjacent to an activating group) is 1. The van der Waals surface area contributed by atoms with E-state index in [-0.39, 0.29) is 17.7 Å². The number of amides is 1. The Labute approximate surface area is 148 Å². The summed E-state index contributed by atoms with van der Waals surface area (Å²) >= 11 is 0. The van der Waals surface area contributed by atoms with Crippen molar-refractivity contribution in [1.29, 1.82) is 0 Å². The van der Waals surface area contributed by atoms with Crippen molar-refractivity contribution in [2.45, 2.75) is 32.4 Å². The number of carbonyl (C=O) groups is 1. The summed E-state index contributed by atoms with van der Waals surface area (Å²) in [6.45, 7) is 6.69. The molecule has 6 nitrogen and oxygen atoms in total. The van der Waals surface area contributed by atoms with Gasteiger partial charge in [-0.2, -0.15) is 0 Å². The van der Waals surface area contributed by atoms with Gasteiger partial charge in [-0.3, -0.25) is 9.69 Å². The zero-order valence-electron chi connectivity index (χ0n) is 15.0. The van der Waals surface area contributed by atoms with E-state index < -0.39 is 0 Å². The van der Waals surface area contributed by atoms with Crippen LogP contribution in [0, 0.1) is 0 Å². The maximum atomic E-state index is 12.8. The lowest BCUT2D eigenvalue weighted by Crippen LogP contribution is -2.42. The van der Waals surface area contributed by atoms with Crippen molar-refractivity contribution in [1.82, 2.24) is 15.0 Å². The third kappa shape index (κ3) is 3.69. The molecule has 1 aliphatic rings. The Morgan fingerprint density at radius 1 is 1.44 bits per heavy atom. The molecule has 1 fully saturated rings. The lowest BCUT2D eigenvalue weighted by atomic mass is 10.1. The molecule has 1 aliphatic heterocycles. The van der Waals surface area contributed by atoms with Crippen molar-refractivity contribution >= 4 is 5.91 Å². The van der Waals surface area contributed by atoms with Crippen LogP contribution in [0.25, 0.3) is 0 Å². The number of hydrogen-bond acceptors (Lipinski definition) is 5. The summed E-state index contributed by atoms with van der Waals surface area (Å²) in [6.07, 6.45) is 0.960. The quantitative estimate of drug-likeness (QED) is 0.807. The molecule has 0 spiro atoms. The van der Waals surface area contributed by atoms with Crippen LogP contribution < -0.4 is 4.74 Å². The highest BCUT2D eigenvalue weighted by Crippen LogP contribution is 2.27. The molecule has 25 heavy (non-hydrogen) atoms. The molecule has 0 N–H and O–H groups in total. The van der Waals surface area contributed by atoms with Gasteiger partial charge in [0.15, 0.2) is 0 Å². The summed E-state index contributed by atoms with van der Waals surface area (Å²) < 4.78 is 10.1. The Hall–Kier alpha value is -2.34. The number of ether oxygens (including phenoxy) is 1. The van der Waals surface area contributed by atoms with Crippen LogP contribution in [0.4, 0.5) is 0 Å². The van der Waals surface area contributed by atoms with Crippen LogP contribution in [0.5, 0.6) is 5.88 Å². The van der Waals surface area contributed by atoms with E-state index in [0.717, 1.165) is 19.5 Å². The molecule has 2 atom stereocenters. The van der Waals surface area contributed by atoms with Crippen LogP contribution in [0.3, 0.4) is 0 Å². The number of nitrogens with zero attached hydrogens (tertiary/aromatic N) is 3. The lowest BCUT2D eigenvalue weighted by molar-refractivity contribution is 0.0647. The third-order valence-electron chi connectivity index (χ3n) is 4.98. The van der Waals surface area contributed by atoms with Crippen LogP contribution >= 0.6 is 0 Å². The van der Waals surface area contributed by atoms with Gasteiger partial charge in [0.25, 0.3) is 11.8 Å². The molecule has 1 amide bonds. The van der Waals surface area contributed by atoms with Gasteiger partial charge in [0.1, 0.15) is 0 Å². The van der Waals surface area contributed by atoms with Crippen LogP contribution in [-0.4, -0.2) is 53.6 Å². The van der Waals surface area contributed by atoms with Crippen LogP contribution in [-0.2, 0) is 0 Å². The summed E-state index contributed by atoms with van der Waals surface area (Å²) in [5, 5.41) is 3.73. The number of rotatable bonds is 6. The lowest BCUT2D eigenvalue weighted by Gasteiger charge is -2.29. The molecule has 0 aliphatic carbocycles. The Morgan fingerprint density at radius 2 is 2.20 bits per heavy atom. The molecular weight excluding hydrogens is 318 g/mol. The average molecular weight is 343 g/mol. The molecule has 1 aromatic carbocycles. The molecule has 1 aromatic heterocycles. The minimum Gasteiger partial charge on any atom is -0.479 e. The predicted octanol–water partition coefficient (Wildman–Crippen LogP) is 2.98. The highest BCUT2D eigenvalue weighted by Gasteiger charge is 2.33. The van der Waals surface area contributed by atoms with Gasteiger partial charge in [-0.15, -0.1) is 0 Å². The van der Waals surface area contributed by atoms with E-state index in [9.17, 15) is 4.79 Å². The van der Waals surface area contributed by atoms with Gasteiger partial charge in [0, 0.05) is 31.7 Å². The third-order valence-corrected chi connectivity index (χ3v) is 4.98. The monoisotopic (exact) mass is 343 g/mol. The second-order valence-corrected chi connectivity index (χ2v) is 6.35. The molecule has 0 unspecified atom stereocenters. The molecule has 134 valence electrons. The van der Waals surface area contributed by atoms with Gasteiger partial charge < -0.3 is 14.2 Å². The second kappa shape index (κ2) is 7.70. The standard InChI is InChI=1S/C19H25N3O3/c1-4-22(19(23)17-12-18(24-3)20-25-17)16-10-11-21(13-16)14(2)15-8-6-5-7-9-15/h5-9,12,14,16H,4,10-11,13H2,1-3H3/t14-,16-/m0/s1. The molecule has 3 rings (SSSR count). The topological polar surface area (TPSA) is 58.8 Å². The van der Waals surface area contributed by atoms with Crippen LogP contribution in [0.2, 0.25) is 0 Å². The van der Waals surface area contributed by atoms with Gasteiger partial charge >= 0.3 is 0 Å². The van der Waals surface area contributed by atoms with Gasteiger partial charge in [0.05, 0.1) is 13.2 Å². The van der Waals surface area contributed by atoms with Crippen molar-refractivity contribution < 1.29 is 14.1 Å². The second-order valence-electron chi connectivity index (χ2n) is 6.35. The minimum atomic E-state index is -0.127. The van der Waals surface area contributed by atoms with Crippen LogP contribution in [0.15, 0.2) is 40.9 Å². The van der Waals surface area contributed by atoms with Crippen LogP contribution in [0.1, 0.15) is 42.4 Å². The highest BCUT2D eigenvalue weighted by molar-refractivity contribution is 5.91. The average Bonchev–Trinajstić information content (AvgIpc) is 3.32. The Balaban J connectivity index is 1.67. The van der Waals surface area contributed by atoms with E-state index in [1.54, 1.807) is 6.07 Å². The number of likely N-dealkylation sites (tertiary alicyclic amines) is 1. The molecule has 0 bridgehead atoms. The van der Waals surface area contributed by atoms with Crippen molar-refractivity contribution in [2.75, 3.05) is 26.7 Å². The van der Waals surface area contributed by atoms with E-state index in [0.29, 0.717) is 18.5 Å². The number of benzene rings is 1. The Bertz CT molecular complexity index is 701.